The van der Waals surface area contributed by atoms with Gasteiger partial charge < -0.3 is 15.7 Å². The van der Waals surface area contributed by atoms with Crippen LogP contribution in [-0.2, 0) is 9.59 Å². The Kier molecular flexibility index (Phi) is 5.80. The van der Waals surface area contributed by atoms with Crippen molar-refractivity contribution in [3.63, 3.8) is 0 Å². The van der Waals surface area contributed by atoms with E-state index in [1.54, 1.807) is 12.1 Å². The van der Waals surface area contributed by atoms with Gasteiger partial charge in [0.15, 0.2) is 0 Å². The molecule has 22 heavy (non-hydrogen) atoms. The van der Waals surface area contributed by atoms with Crippen molar-refractivity contribution < 1.29 is 14.7 Å². The lowest BCUT2D eigenvalue weighted by Crippen LogP contribution is -2.47. The predicted molar refractivity (Wildman–Crippen MR) is 85.8 cm³/mol. The van der Waals surface area contributed by atoms with E-state index in [1.807, 2.05) is 13.0 Å². The molecule has 1 aliphatic carbocycles. The van der Waals surface area contributed by atoms with Crippen molar-refractivity contribution in [2.75, 3.05) is 11.9 Å². The maximum absolute atomic E-state index is 12.0. The Morgan fingerprint density at radius 2 is 2.00 bits per heavy atom. The van der Waals surface area contributed by atoms with Gasteiger partial charge in [0.2, 0.25) is 0 Å². The number of halogens is 1. The number of hydrogen-bond donors (Lipinski definition) is 3. The average Bonchev–Trinajstić information content (AvgIpc) is 2.50. The van der Waals surface area contributed by atoms with E-state index in [-0.39, 0.29) is 18.6 Å². The number of aryl methyl sites for hydroxylation is 1. The minimum Gasteiger partial charge on any atom is -0.396 e. The largest absolute Gasteiger partial charge is 0.396 e. The van der Waals surface area contributed by atoms with Gasteiger partial charge in [-0.1, -0.05) is 30.5 Å². The number of benzene rings is 1. The van der Waals surface area contributed by atoms with Crippen LogP contribution in [0.2, 0.25) is 5.02 Å². The number of anilines is 1. The van der Waals surface area contributed by atoms with Gasteiger partial charge in [0.25, 0.3) is 0 Å². The fourth-order valence-electron chi connectivity index (χ4n) is 2.75. The summed E-state index contributed by atoms with van der Waals surface area (Å²) in [6.07, 6.45) is 3.69. The first kappa shape index (κ1) is 16.8. The van der Waals surface area contributed by atoms with E-state index in [1.165, 1.54) is 0 Å². The van der Waals surface area contributed by atoms with Gasteiger partial charge in [0, 0.05) is 18.6 Å². The summed E-state index contributed by atoms with van der Waals surface area (Å²) in [5, 5.41) is 15.0. The van der Waals surface area contributed by atoms with Gasteiger partial charge in [-0.25, -0.2) is 0 Å². The van der Waals surface area contributed by atoms with Crippen molar-refractivity contribution in [1.29, 1.82) is 0 Å². The van der Waals surface area contributed by atoms with Crippen LogP contribution in [0.25, 0.3) is 0 Å². The lowest BCUT2D eigenvalue weighted by molar-refractivity contribution is -0.137. The monoisotopic (exact) mass is 324 g/mol. The number of aliphatic hydroxyl groups excluding tert-OH is 1. The van der Waals surface area contributed by atoms with Crippen LogP contribution < -0.4 is 10.6 Å². The highest BCUT2D eigenvalue weighted by molar-refractivity contribution is 6.41. The van der Waals surface area contributed by atoms with Crippen LogP contribution in [0.3, 0.4) is 0 Å². The third-order valence-electron chi connectivity index (χ3n) is 4.04. The Bertz CT molecular complexity index is 562. The Morgan fingerprint density at radius 1 is 1.27 bits per heavy atom. The SMILES string of the molecule is Cc1ccc(NC(=O)C(=O)NC2CCCCC2CO)c(Cl)c1. The summed E-state index contributed by atoms with van der Waals surface area (Å²) in [4.78, 5) is 24.0. The van der Waals surface area contributed by atoms with E-state index >= 15 is 0 Å². The van der Waals surface area contributed by atoms with Gasteiger partial charge in [0.05, 0.1) is 10.7 Å². The zero-order valence-corrected chi connectivity index (χ0v) is 13.3. The van der Waals surface area contributed by atoms with Gasteiger partial charge in [-0.05, 0) is 37.5 Å². The van der Waals surface area contributed by atoms with E-state index in [9.17, 15) is 14.7 Å². The summed E-state index contributed by atoms with van der Waals surface area (Å²) in [5.41, 5.74) is 1.38. The lowest BCUT2D eigenvalue weighted by atomic mass is 9.85. The molecule has 1 fully saturated rings. The highest BCUT2D eigenvalue weighted by atomic mass is 35.5. The van der Waals surface area contributed by atoms with E-state index < -0.39 is 11.8 Å². The minimum atomic E-state index is -0.743. The van der Waals surface area contributed by atoms with Crippen LogP contribution in [0.15, 0.2) is 18.2 Å². The Labute approximate surface area is 135 Å². The molecule has 0 bridgehead atoms. The Balaban J connectivity index is 1.95. The Hall–Kier alpha value is -1.59. The predicted octanol–water partition coefficient (Wildman–Crippen LogP) is 2.25. The van der Waals surface area contributed by atoms with Crippen molar-refractivity contribution in [3.05, 3.63) is 28.8 Å². The number of carbonyl (C=O) groups excluding carboxylic acids is 2. The second-order valence-electron chi connectivity index (χ2n) is 5.74. The number of nitrogens with one attached hydrogen (secondary N) is 2. The zero-order valence-electron chi connectivity index (χ0n) is 12.6. The smallest absolute Gasteiger partial charge is 0.313 e. The van der Waals surface area contributed by atoms with Crippen LogP contribution in [0.4, 0.5) is 5.69 Å². The third kappa shape index (κ3) is 4.21. The van der Waals surface area contributed by atoms with Gasteiger partial charge in [-0.2, -0.15) is 0 Å². The number of hydrogen-bond acceptors (Lipinski definition) is 3. The summed E-state index contributed by atoms with van der Waals surface area (Å²) >= 11 is 6.04. The van der Waals surface area contributed by atoms with Crippen LogP contribution in [0.1, 0.15) is 31.2 Å². The molecule has 0 aromatic heterocycles. The molecule has 0 radical (unpaired) electrons. The molecule has 2 atom stereocenters. The van der Waals surface area contributed by atoms with Gasteiger partial charge in [0.1, 0.15) is 0 Å². The fourth-order valence-corrected chi connectivity index (χ4v) is 3.03. The summed E-state index contributed by atoms with van der Waals surface area (Å²) in [5.74, 6) is -1.41. The van der Waals surface area contributed by atoms with Crippen molar-refractivity contribution in [3.8, 4) is 0 Å². The highest BCUT2D eigenvalue weighted by Gasteiger charge is 2.28. The molecule has 2 rings (SSSR count). The van der Waals surface area contributed by atoms with Crippen LogP contribution in [0.5, 0.6) is 0 Å². The molecule has 1 aromatic carbocycles. The molecule has 1 aliphatic rings. The molecule has 1 saturated carbocycles. The lowest BCUT2D eigenvalue weighted by Gasteiger charge is -2.30. The van der Waals surface area contributed by atoms with Gasteiger partial charge in [-0.15, -0.1) is 0 Å². The Morgan fingerprint density at radius 3 is 2.68 bits per heavy atom. The molecule has 2 amide bonds. The summed E-state index contributed by atoms with van der Waals surface area (Å²) in [6.45, 7) is 1.92. The summed E-state index contributed by atoms with van der Waals surface area (Å²) in [6, 6.07) is 5.05. The topological polar surface area (TPSA) is 78.4 Å². The van der Waals surface area contributed by atoms with Crippen LogP contribution in [-0.4, -0.2) is 29.6 Å². The molecule has 120 valence electrons. The van der Waals surface area contributed by atoms with E-state index in [2.05, 4.69) is 10.6 Å². The molecule has 0 spiro atoms. The minimum absolute atomic E-state index is 0.0217. The van der Waals surface area contributed by atoms with Crippen LogP contribution in [0, 0.1) is 12.8 Å². The number of carbonyl (C=O) groups is 2. The quantitative estimate of drug-likeness (QED) is 0.746. The highest BCUT2D eigenvalue weighted by Crippen LogP contribution is 2.24. The second kappa shape index (κ2) is 7.61. The normalized spacial score (nSPS) is 21.2. The molecule has 3 N–H and O–H groups in total. The van der Waals surface area contributed by atoms with Crippen molar-refractivity contribution in [2.45, 2.75) is 38.6 Å². The molecular formula is C16H21ClN2O3. The zero-order chi connectivity index (χ0) is 16.1. The average molecular weight is 325 g/mol. The van der Waals surface area contributed by atoms with Gasteiger partial charge in [-0.3, -0.25) is 9.59 Å². The molecule has 6 heteroatoms. The first-order chi connectivity index (χ1) is 10.5. The molecule has 5 nitrogen and oxygen atoms in total. The first-order valence-electron chi connectivity index (χ1n) is 7.50. The van der Waals surface area contributed by atoms with Gasteiger partial charge >= 0.3 is 11.8 Å². The summed E-state index contributed by atoms with van der Waals surface area (Å²) < 4.78 is 0. The maximum atomic E-state index is 12.0. The third-order valence-corrected chi connectivity index (χ3v) is 4.35. The summed E-state index contributed by atoms with van der Waals surface area (Å²) in [7, 11) is 0. The molecule has 0 aliphatic heterocycles. The maximum Gasteiger partial charge on any atom is 0.313 e. The van der Waals surface area contributed by atoms with E-state index in [4.69, 9.17) is 11.6 Å². The van der Waals surface area contributed by atoms with Crippen molar-refractivity contribution in [1.82, 2.24) is 5.32 Å². The fraction of sp³-hybridized carbons (Fsp3) is 0.500. The van der Waals surface area contributed by atoms with Crippen molar-refractivity contribution >= 4 is 29.1 Å². The van der Waals surface area contributed by atoms with E-state index in [0.717, 1.165) is 31.2 Å². The molecule has 0 heterocycles. The van der Waals surface area contributed by atoms with Crippen molar-refractivity contribution in [2.24, 2.45) is 5.92 Å². The number of amides is 2. The molecule has 0 saturated heterocycles. The molecule has 2 unspecified atom stereocenters. The molecule has 1 aromatic rings. The first-order valence-corrected chi connectivity index (χ1v) is 7.88. The number of rotatable bonds is 3. The molecular weight excluding hydrogens is 304 g/mol. The van der Waals surface area contributed by atoms with E-state index in [0.29, 0.717) is 10.7 Å². The number of aliphatic hydroxyl groups is 1. The van der Waals surface area contributed by atoms with Crippen LogP contribution >= 0.6 is 11.6 Å². The standard InChI is InChI=1S/C16H21ClN2O3/c1-10-6-7-14(12(17)8-10)19-16(22)15(21)18-13-5-3-2-4-11(13)9-20/h6-8,11,13,20H,2-5,9H2,1H3,(H,18,21)(H,19,22). The second-order valence-corrected chi connectivity index (χ2v) is 6.15.